The van der Waals surface area contributed by atoms with E-state index in [4.69, 9.17) is 4.52 Å². The predicted octanol–water partition coefficient (Wildman–Crippen LogP) is 2.69. The number of hydrogen-bond donors (Lipinski definition) is 0. The van der Waals surface area contributed by atoms with E-state index in [0.717, 1.165) is 18.0 Å². The normalized spacial score (nSPS) is 12.9. The summed E-state index contributed by atoms with van der Waals surface area (Å²) in [6.45, 7) is 3.76. The maximum Gasteiger partial charge on any atom is 0.244 e. The molecule has 0 amide bonds. The van der Waals surface area contributed by atoms with E-state index in [9.17, 15) is 0 Å². The van der Waals surface area contributed by atoms with Gasteiger partial charge in [-0.1, -0.05) is 11.2 Å². The Bertz CT molecular complexity index is 661. The molecule has 3 heterocycles. The van der Waals surface area contributed by atoms with E-state index in [-0.39, 0.29) is 6.04 Å². The van der Waals surface area contributed by atoms with Crippen LogP contribution < -0.4 is 0 Å². The zero-order valence-electron chi connectivity index (χ0n) is 12.0. The second-order valence-corrected chi connectivity index (χ2v) is 5.81. The molecule has 7 heteroatoms. The summed E-state index contributed by atoms with van der Waals surface area (Å²) in [6, 6.07) is 5.97. The monoisotopic (exact) mass is 303 g/mol. The molecule has 0 radical (unpaired) electrons. The molecule has 0 fully saturated rings. The molecular formula is C14H17N5OS. The van der Waals surface area contributed by atoms with E-state index < -0.39 is 0 Å². The first-order chi connectivity index (χ1) is 10.2. The minimum absolute atomic E-state index is 0.0711. The van der Waals surface area contributed by atoms with Crippen molar-refractivity contribution in [2.24, 2.45) is 0 Å². The molecule has 1 atom stereocenters. The molecule has 110 valence electrons. The van der Waals surface area contributed by atoms with E-state index in [1.54, 1.807) is 17.5 Å². The molecule has 0 N–H and O–H groups in total. The van der Waals surface area contributed by atoms with Crippen LogP contribution in [-0.4, -0.2) is 38.4 Å². The van der Waals surface area contributed by atoms with Crippen LogP contribution in [0, 0.1) is 0 Å². The summed E-state index contributed by atoms with van der Waals surface area (Å²) < 4.78 is 7.30. The van der Waals surface area contributed by atoms with Gasteiger partial charge >= 0.3 is 0 Å². The van der Waals surface area contributed by atoms with Crippen molar-refractivity contribution in [1.29, 1.82) is 0 Å². The van der Waals surface area contributed by atoms with Crippen LogP contribution in [0.25, 0.3) is 10.7 Å². The van der Waals surface area contributed by atoms with Crippen LogP contribution >= 0.6 is 11.3 Å². The SMILES string of the molecule is CC(c1nc(-c2cccs2)no1)N(C)CCn1cccn1. The second kappa shape index (κ2) is 6.19. The summed E-state index contributed by atoms with van der Waals surface area (Å²) in [5, 5.41) is 10.3. The molecule has 0 aliphatic heterocycles. The first-order valence-electron chi connectivity index (χ1n) is 6.79. The van der Waals surface area contributed by atoms with Crippen molar-refractivity contribution in [2.45, 2.75) is 19.5 Å². The minimum Gasteiger partial charge on any atom is -0.337 e. The Morgan fingerprint density at radius 3 is 3.05 bits per heavy atom. The molecule has 0 aromatic carbocycles. The summed E-state index contributed by atoms with van der Waals surface area (Å²) in [4.78, 5) is 7.69. The average Bonchev–Trinajstić information content (AvgIpc) is 3.25. The van der Waals surface area contributed by atoms with Crippen molar-refractivity contribution < 1.29 is 4.52 Å². The van der Waals surface area contributed by atoms with Crippen molar-refractivity contribution >= 4 is 11.3 Å². The fourth-order valence-corrected chi connectivity index (χ4v) is 2.64. The molecule has 3 aromatic heterocycles. The van der Waals surface area contributed by atoms with Crippen molar-refractivity contribution in [2.75, 3.05) is 13.6 Å². The highest BCUT2D eigenvalue weighted by atomic mass is 32.1. The number of rotatable bonds is 6. The lowest BCUT2D eigenvalue weighted by molar-refractivity contribution is 0.201. The van der Waals surface area contributed by atoms with Gasteiger partial charge < -0.3 is 4.52 Å². The van der Waals surface area contributed by atoms with Gasteiger partial charge in [-0.25, -0.2) is 0 Å². The highest BCUT2D eigenvalue weighted by Gasteiger charge is 2.19. The summed E-state index contributed by atoms with van der Waals surface area (Å²) >= 11 is 1.61. The Balaban J connectivity index is 1.63. The zero-order chi connectivity index (χ0) is 14.7. The van der Waals surface area contributed by atoms with Gasteiger partial charge in [0.2, 0.25) is 11.7 Å². The van der Waals surface area contributed by atoms with Crippen molar-refractivity contribution in [3.63, 3.8) is 0 Å². The van der Waals surface area contributed by atoms with Crippen LogP contribution in [0.5, 0.6) is 0 Å². The molecule has 0 spiro atoms. The van der Waals surface area contributed by atoms with Crippen LogP contribution in [0.2, 0.25) is 0 Å². The molecule has 21 heavy (non-hydrogen) atoms. The molecular weight excluding hydrogens is 286 g/mol. The van der Waals surface area contributed by atoms with Gasteiger partial charge in [-0.2, -0.15) is 10.1 Å². The van der Waals surface area contributed by atoms with E-state index >= 15 is 0 Å². The number of nitrogens with zero attached hydrogens (tertiary/aromatic N) is 5. The Labute approximate surface area is 127 Å². The molecule has 0 aliphatic rings. The van der Waals surface area contributed by atoms with Crippen LogP contribution in [-0.2, 0) is 6.54 Å². The smallest absolute Gasteiger partial charge is 0.244 e. The van der Waals surface area contributed by atoms with Gasteiger partial charge in [0.15, 0.2) is 0 Å². The van der Waals surface area contributed by atoms with Gasteiger partial charge in [0.25, 0.3) is 0 Å². The molecule has 1 unspecified atom stereocenters. The number of likely N-dealkylation sites (N-methyl/N-ethyl adjacent to an activating group) is 1. The third kappa shape index (κ3) is 3.20. The standard InChI is InChI=1S/C14H17N5OS/c1-11(18(2)8-9-19-7-4-6-15-19)14-16-13(17-20-14)12-5-3-10-21-12/h3-7,10-11H,8-9H2,1-2H3. The van der Waals surface area contributed by atoms with Crippen molar-refractivity contribution in [3.8, 4) is 10.7 Å². The van der Waals surface area contributed by atoms with Gasteiger partial charge in [-0.05, 0) is 31.5 Å². The summed E-state index contributed by atoms with van der Waals surface area (Å²) in [5.74, 6) is 1.30. The highest BCUT2D eigenvalue weighted by Crippen LogP contribution is 2.24. The second-order valence-electron chi connectivity index (χ2n) is 4.86. The number of aromatic nitrogens is 4. The molecule has 0 saturated carbocycles. The summed E-state index contributed by atoms with van der Waals surface area (Å²) in [7, 11) is 2.04. The van der Waals surface area contributed by atoms with Gasteiger partial charge in [0.1, 0.15) is 0 Å². The summed E-state index contributed by atoms with van der Waals surface area (Å²) in [6.07, 6.45) is 3.74. The molecule has 6 nitrogen and oxygen atoms in total. The van der Waals surface area contributed by atoms with E-state index in [1.807, 2.05) is 41.5 Å². The largest absolute Gasteiger partial charge is 0.337 e. The topological polar surface area (TPSA) is 60.0 Å². The molecule has 0 bridgehead atoms. The molecule has 0 saturated heterocycles. The lowest BCUT2D eigenvalue weighted by Gasteiger charge is -2.21. The van der Waals surface area contributed by atoms with E-state index in [0.29, 0.717) is 11.7 Å². The predicted molar refractivity (Wildman–Crippen MR) is 80.9 cm³/mol. The molecule has 3 aromatic rings. The average molecular weight is 303 g/mol. The Kier molecular flexibility index (Phi) is 4.12. The molecule has 3 rings (SSSR count). The maximum absolute atomic E-state index is 5.39. The Morgan fingerprint density at radius 1 is 1.43 bits per heavy atom. The van der Waals surface area contributed by atoms with Crippen molar-refractivity contribution in [1.82, 2.24) is 24.8 Å². The van der Waals surface area contributed by atoms with Crippen LogP contribution in [0.3, 0.4) is 0 Å². The minimum atomic E-state index is 0.0711. The first kappa shape index (κ1) is 14.0. The maximum atomic E-state index is 5.39. The lowest BCUT2D eigenvalue weighted by Crippen LogP contribution is -2.26. The third-order valence-corrected chi connectivity index (χ3v) is 4.31. The quantitative estimate of drug-likeness (QED) is 0.700. The first-order valence-corrected chi connectivity index (χ1v) is 7.67. The number of hydrogen-bond acceptors (Lipinski definition) is 6. The van der Waals surface area contributed by atoms with E-state index in [2.05, 4.69) is 27.1 Å². The van der Waals surface area contributed by atoms with Gasteiger partial charge in [-0.15, -0.1) is 11.3 Å². The van der Waals surface area contributed by atoms with Gasteiger partial charge in [-0.3, -0.25) is 9.58 Å². The number of thiophene rings is 1. The van der Waals surface area contributed by atoms with E-state index in [1.165, 1.54) is 0 Å². The Hall–Kier alpha value is -1.99. The fourth-order valence-electron chi connectivity index (χ4n) is 1.99. The van der Waals surface area contributed by atoms with Crippen molar-refractivity contribution in [3.05, 3.63) is 41.9 Å². The van der Waals surface area contributed by atoms with Gasteiger partial charge in [0.05, 0.1) is 17.5 Å². The lowest BCUT2D eigenvalue weighted by atomic mass is 10.3. The zero-order valence-corrected chi connectivity index (χ0v) is 12.8. The Morgan fingerprint density at radius 2 is 2.33 bits per heavy atom. The van der Waals surface area contributed by atoms with Gasteiger partial charge in [0, 0.05) is 18.9 Å². The highest BCUT2D eigenvalue weighted by molar-refractivity contribution is 7.13. The third-order valence-electron chi connectivity index (χ3n) is 3.44. The van der Waals surface area contributed by atoms with Crippen LogP contribution in [0.1, 0.15) is 18.9 Å². The summed E-state index contributed by atoms with van der Waals surface area (Å²) in [5.41, 5.74) is 0. The van der Waals surface area contributed by atoms with Crippen LogP contribution in [0.4, 0.5) is 0 Å². The van der Waals surface area contributed by atoms with Crippen LogP contribution in [0.15, 0.2) is 40.5 Å². The fraction of sp³-hybridized carbons (Fsp3) is 0.357. The molecule has 0 aliphatic carbocycles.